The van der Waals surface area contributed by atoms with E-state index in [-0.39, 0.29) is 31.7 Å². The maximum Gasteiger partial charge on any atom is 0.325 e. The van der Waals surface area contributed by atoms with Gasteiger partial charge in [0.05, 0.1) is 13.2 Å². The van der Waals surface area contributed by atoms with Crippen molar-refractivity contribution in [2.75, 3.05) is 20.3 Å². The molecule has 8 heteroatoms. The molecule has 0 saturated carbocycles. The van der Waals surface area contributed by atoms with E-state index in [1.165, 1.54) is 12.0 Å². The van der Waals surface area contributed by atoms with Crippen LogP contribution in [0.1, 0.15) is 36.7 Å². The number of aryl methyl sites for hydroxylation is 1. The van der Waals surface area contributed by atoms with Crippen molar-refractivity contribution >= 4 is 11.9 Å². The molecule has 0 spiro atoms. The summed E-state index contributed by atoms with van der Waals surface area (Å²) >= 11 is 0. The van der Waals surface area contributed by atoms with Crippen molar-refractivity contribution in [2.45, 2.75) is 32.9 Å². The Hall–Kier alpha value is -2.74. The standard InChI is InChI=1S/C18H23N3O5/c1-4-15(14-8-6-5-7-9-14)21(10-18(23)24-3)17(22)12-25-11-16-19-13(2)20-26-16/h5-9,15H,4,10-12H2,1-3H3. The molecule has 1 heterocycles. The summed E-state index contributed by atoms with van der Waals surface area (Å²) in [7, 11) is 1.29. The van der Waals surface area contributed by atoms with Gasteiger partial charge in [-0.3, -0.25) is 9.59 Å². The van der Waals surface area contributed by atoms with E-state index in [0.29, 0.717) is 18.1 Å². The van der Waals surface area contributed by atoms with Crippen LogP contribution in [0.25, 0.3) is 0 Å². The van der Waals surface area contributed by atoms with E-state index in [1.54, 1.807) is 6.92 Å². The second kappa shape index (κ2) is 9.67. The summed E-state index contributed by atoms with van der Waals surface area (Å²) < 4.78 is 15.1. The Morgan fingerprint density at radius 3 is 2.58 bits per heavy atom. The second-order valence-corrected chi connectivity index (χ2v) is 5.66. The summed E-state index contributed by atoms with van der Waals surface area (Å²) in [6.07, 6.45) is 0.648. The zero-order valence-electron chi connectivity index (χ0n) is 15.2. The van der Waals surface area contributed by atoms with Gasteiger partial charge in [-0.15, -0.1) is 0 Å². The van der Waals surface area contributed by atoms with Crippen LogP contribution in [0.2, 0.25) is 0 Å². The molecule has 0 aliphatic rings. The number of carbonyl (C=O) groups is 2. The van der Waals surface area contributed by atoms with Gasteiger partial charge in [0, 0.05) is 0 Å². The highest BCUT2D eigenvalue weighted by atomic mass is 16.5. The topological polar surface area (TPSA) is 94.8 Å². The minimum atomic E-state index is -0.486. The zero-order chi connectivity index (χ0) is 18.9. The fourth-order valence-electron chi connectivity index (χ4n) is 2.59. The molecule has 8 nitrogen and oxygen atoms in total. The van der Waals surface area contributed by atoms with Crippen LogP contribution in [-0.2, 0) is 25.7 Å². The predicted octanol–water partition coefficient (Wildman–Crippen LogP) is 2.05. The van der Waals surface area contributed by atoms with Gasteiger partial charge in [-0.1, -0.05) is 42.4 Å². The van der Waals surface area contributed by atoms with Crippen LogP contribution >= 0.6 is 0 Å². The Balaban J connectivity index is 2.06. The molecule has 0 aliphatic heterocycles. The monoisotopic (exact) mass is 361 g/mol. The first-order chi connectivity index (χ1) is 12.5. The number of amides is 1. The van der Waals surface area contributed by atoms with Gasteiger partial charge in [0.25, 0.3) is 5.89 Å². The van der Waals surface area contributed by atoms with Crippen LogP contribution in [0.15, 0.2) is 34.9 Å². The lowest BCUT2D eigenvalue weighted by atomic mass is 10.0. The molecule has 0 bridgehead atoms. The lowest BCUT2D eigenvalue weighted by Gasteiger charge is -2.30. The molecule has 1 aromatic carbocycles. The summed E-state index contributed by atoms with van der Waals surface area (Å²) in [6.45, 7) is 3.33. The fourth-order valence-corrected chi connectivity index (χ4v) is 2.59. The number of methoxy groups -OCH3 is 1. The normalized spacial score (nSPS) is 11.8. The van der Waals surface area contributed by atoms with Gasteiger partial charge >= 0.3 is 5.97 Å². The zero-order valence-corrected chi connectivity index (χ0v) is 15.2. The molecule has 140 valence electrons. The van der Waals surface area contributed by atoms with Crippen molar-refractivity contribution in [3.8, 4) is 0 Å². The average Bonchev–Trinajstić information content (AvgIpc) is 3.07. The highest BCUT2D eigenvalue weighted by Gasteiger charge is 2.26. The van der Waals surface area contributed by atoms with Crippen molar-refractivity contribution in [1.82, 2.24) is 15.0 Å². The molecule has 1 unspecified atom stereocenters. The summed E-state index contributed by atoms with van der Waals surface area (Å²) in [4.78, 5) is 30.0. The van der Waals surface area contributed by atoms with E-state index in [9.17, 15) is 9.59 Å². The SMILES string of the molecule is CCC(c1ccccc1)N(CC(=O)OC)C(=O)COCc1nc(C)no1. The molecule has 0 radical (unpaired) electrons. The largest absolute Gasteiger partial charge is 0.468 e. The van der Waals surface area contributed by atoms with Crippen LogP contribution < -0.4 is 0 Å². The summed E-state index contributed by atoms with van der Waals surface area (Å²) in [6, 6.07) is 9.29. The number of ether oxygens (including phenoxy) is 2. The number of hydrogen-bond donors (Lipinski definition) is 0. The summed E-state index contributed by atoms with van der Waals surface area (Å²) in [5.41, 5.74) is 0.944. The van der Waals surface area contributed by atoms with E-state index in [2.05, 4.69) is 10.1 Å². The molecule has 26 heavy (non-hydrogen) atoms. The second-order valence-electron chi connectivity index (χ2n) is 5.66. The molecule has 0 N–H and O–H groups in total. The maximum absolute atomic E-state index is 12.7. The van der Waals surface area contributed by atoms with Crippen LogP contribution in [0.4, 0.5) is 0 Å². The third-order valence-corrected chi connectivity index (χ3v) is 3.82. The van der Waals surface area contributed by atoms with E-state index in [0.717, 1.165) is 5.56 Å². The number of aromatic nitrogens is 2. The first-order valence-corrected chi connectivity index (χ1v) is 8.33. The van der Waals surface area contributed by atoms with Crippen molar-refractivity contribution < 1.29 is 23.6 Å². The lowest BCUT2D eigenvalue weighted by Crippen LogP contribution is -2.41. The smallest absolute Gasteiger partial charge is 0.325 e. The third-order valence-electron chi connectivity index (χ3n) is 3.82. The quantitative estimate of drug-likeness (QED) is 0.631. The van der Waals surface area contributed by atoms with Gasteiger partial charge in [-0.2, -0.15) is 4.98 Å². The summed E-state index contributed by atoms with van der Waals surface area (Å²) in [5.74, 6) is -0.00937. The number of nitrogens with zero attached hydrogens (tertiary/aromatic N) is 3. The van der Waals surface area contributed by atoms with E-state index in [1.807, 2.05) is 37.3 Å². The number of rotatable bonds is 9. The fraction of sp³-hybridized carbons (Fsp3) is 0.444. The van der Waals surface area contributed by atoms with Gasteiger partial charge in [0.1, 0.15) is 19.8 Å². The molecule has 2 rings (SSSR count). The Kier molecular flexibility index (Phi) is 7.28. The minimum Gasteiger partial charge on any atom is -0.468 e. The van der Waals surface area contributed by atoms with Crippen LogP contribution in [0.3, 0.4) is 0 Å². The summed E-state index contributed by atoms with van der Waals surface area (Å²) in [5, 5.41) is 3.66. The number of hydrogen-bond acceptors (Lipinski definition) is 7. The Morgan fingerprint density at radius 2 is 2.00 bits per heavy atom. The van der Waals surface area contributed by atoms with E-state index in [4.69, 9.17) is 14.0 Å². The molecule has 0 saturated heterocycles. The first-order valence-electron chi connectivity index (χ1n) is 8.33. The predicted molar refractivity (Wildman–Crippen MR) is 91.9 cm³/mol. The molecular weight excluding hydrogens is 338 g/mol. The Labute approximate surface area is 152 Å². The number of benzene rings is 1. The van der Waals surface area contributed by atoms with Crippen molar-refractivity contribution in [1.29, 1.82) is 0 Å². The van der Waals surface area contributed by atoms with Gasteiger partial charge in [-0.05, 0) is 18.9 Å². The molecule has 0 aliphatic carbocycles. The van der Waals surface area contributed by atoms with Crippen molar-refractivity contribution in [2.24, 2.45) is 0 Å². The molecular formula is C18H23N3O5. The van der Waals surface area contributed by atoms with Crippen molar-refractivity contribution in [3.63, 3.8) is 0 Å². The molecule has 1 aromatic heterocycles. The van der Waals surface area contributed by atoms with Crippen molar-refractivity contribution in [3.05, 3.63) is 47.6 Å². The number of carbonyl (C=O) groups excluding carboxylic acids is 2. The van der Waals surface area contributed by atoms with Gasteiger partial charge in [0.2, 0.25) is 5.91 Å². The van der Waals surface area contributed by atoms with Crippen LogP contribution in [-0.4, -0.2) is 47.2 Å². The first kappa shape index (κ1) is 19.6. The highest BCUT2D eigenvalue weighted by molar-refractivity contribution is 5.83. The lowest BCUT2D eigenvalue weighted by molar-refractivity contribution is -0.151. The van der Waals surface area contributed by atoms with Crippen LogP contribution in [0.5, 0.6) is 0 Å². The highest BCUT2D eigenvalue weighted by Crippen LogP contribution is 2.24. The van der Waals surface area contributed by atoms with Gasteiger partial charge < -0.3 is 18.9 Å². The minimum absolute atomic E-state index is 0.0285. The van der Waals surface area contributed by atoms with Crippen LogP contribution in [0, 0.1) is 6.92 Å². The molecule has 1 atom stereocenters. The molecule has 1 amide bonds. The third kappa shape index (κ3) is 5.38. The average molecular weight is 361 g/mol. The Bertz CT molecular complexity index is 717. The molecule has 0 fully saturated rings. The van der Waals surface area contributed by atoms with Gasteiger partial charge in [-0.25, -0.2) is 0 Å². The van der Waals surface area contributed by atoms with E-state index < -0.39 is 5.97 Å². The van der Waals surface area contributed by atoms with Gasteiger partial charge in [0.15, 0.2) is 5.82 Å². The maximum atomic E-state index is 12.7. The Morgan fingerprint density at radius 1 is 1.27 bits per heavy atom. The van der Waals surface area contributed by atoms with E-state index >= 15 is 0 Å². The number of esters is 1. The molecule has 2 aromatic rings.